The zero-order valence-corrected chi connectivity index (χ0v) is 16.9. The van der Waals surface area contributed by atoms with E-state index < -0.39 is 11.7 Å². The molecule has 0 bridgehead atoms. The second-order valence-corrected chi connectivity index (χ2v) is 6.74. The van der Waals surface area contributed by atoms with Crippen molar-refractivity contribution >= 4 is 29.3 Å². The fourth-order valence-electron chi connectivity index (χ4n) is 2.61. The lowest BCUT2D eigenvalue weighted by molar-refractivity contribution is -0.112. The Kier molecular flexibility index (Phi) is 6.40. The molecular weight excluding hydrogens is 407 g/mol. The predicted octanol–water partition coefficient (Wildman–Crippen LogP) is 5.22. The van der Waals surface area contributed by atoms with Crippen molar-refractivity contribution in [3.63, 3.8) is 0 Å². The van der Waals surface area contributed by atoms with E-state index in [0.29, 0.717) is 17.0 Å². The van der Waals surface area contributed by atoms with E-state index in [1.165, 1.54) is 6.08 Å². The molecule has 0 fully saturated rings. The van der Waals surface area contributed by atoms with E-state index in [1.54, 1.807) is 30.3 Å². The van der Waals surface area contributed by atoms with Crippen molar-refractivity contribution in [2.24, 2.45) is 0 Å². The summed E-state index contributed by atoms with van der Waals surface area (Å²) in [4.78, 5) is 19.7. The molecule has 0 aliphatic heterocycles. The van der Waals surface area contributed by atoms with Gasteiger partial charge in [0.2, 0.25) is 11.1 Å². The number of ether oxygens (including phenoxy) is 1. The van der Waals surface area contributed by atoms with Gasteiger partial charge in [-0.3, -0.25) is 4.79 Å². The molecule has 0 aliphatic rings. The van der Waals surface area contributed by atoms with Gasteiger partial charge in [-0.15, -0.1) is 0 Å². The second-order valence-electron chi connectivity index (χ2n) is 6.41. The van der Waals surface area contributed by atoms with Crippen LogP contribution in [-0.4, -0.2) is 15.9 Å². The first-order valence-corrected chi connectivity index (χ1v) is 9.20. The highest BCUT2D eigenvalue weighted by atomic mass is 35.5. The Morgan fingerprint density at radius 1 is 1.23 bits per heavy atom. The third-order valence-electron chi connectivity index (χ3n) is 4.08. The van der Waals surface area contributed by atoms with Crippen LogP contribution in [0.15, 0.2) is 54.2 Å². The summed E-state index contributed by atoms with van der Waals surface area (Å²) in [6.45, 7) is 3.84. The van der Waals surface area contributed by atoms with Gasteiger partial charge in [0.25, 0.3) is 11.8 Å². The fraction of sp³-hybridized carbons (Fsp3) is 0.0909. The molecule has 1 heterocycles. The number of aryl methyl sites for hydroxylation is 2. The molecule has 6 nitrogen and oxygen atoms in total. The SMILES string of the molecule is Cc1ccc(NC(=O)/C(C#N)=C/c2ccc(Oc3nc(Cl)ncc3F)cc2)c(C)c1. The Balaban J connectivity index is 1.75. The fourth-order valence-corrected chi connectivity index (χ4v) is 2.73. The van der Waals surface area contributed by atoms with E-state index >= 15 is 0 Å². The van der Waals surface area contributed by atoms with Crippen molar-refractivity contribution in [2.75, 3.05) is 5.32 Å². The smallest absolute Gasteiger partial charge is 0.266 e. The zero-order chi connectivity index (χ0) is 21.7. The lowest BCUT2D eigenvalue weighted by Gasteiger charge is -2.09. The van der Waals surface area contributed by atoms with E-state index in [4.69, 9.17) is 16.3 Å². The minimum absolute atomic E-state index is 0.0581. The number of hydrogen-bond donors (Lipinski definition) is 1. The van der Waals surface area contributed by atoms with Crippen LogP contribution in [-0.2, 0) is 4.79 Å². The summed E-state index contributed by atoms with van der Waals surface area (Å²) in [6, 6.07) is 13.9. The maximum atomic E-state index is 13.7. The van der Waals surface area contributed by atoms with Gasteiger partial charge in [0.15, 0.2) is 0 Å². The van der Waals surface area contributed by atoms with Crippen LogP contribution in [0.1, 0.15) is 16.7 Å². The van der Waals surface area contributed by atoms with Gasteiger partial charge in [-0.1, -0.05) is 29.8 Å². The largest absolute Gasteiger partial charge is 0.436 e. The van der Waals surface area contributed by atoms with Crippen LogP contribution >= 0.6 is 11.6 Å². The molecule has 30 heavy (non-hydrogen) atoms. The van der Waals surface area contributed by atoms with Gasteiger partial charge in [0, 0.05) is 5.69 Å². The van der Waals surface area contributed by atoms with E-state index in [-0.39, 0.29) is 16.7 Å². The number of nitrogens with one attached hydrogen (secondary N) is 1. The number of nitriles is 1. The van der Waals surface area contributed by atoms with E-state index in [0.717, 1.165) is 17.3 Å². The van der Waals surface area contributed by atoms with E-state index in [1.807, 2.05) is 32.0 Å². The number of amides is 1. The molecule has 0 saturated carbocycles. The molecular formula is C22H16ClFN4O2. The van der Waals surface area contributed by atoms with Crippen molar-refractivity contribution in [3.05, 3.63) is 82.0 Å². The number of anilines is 1. The van der Waals surface area contributed by atoms with Crippen molar-refractivity contribution in [1.82, 2.24) is 9.97 Å². The maximum absolute atomic E-state index is 13.7. The number of benzene rings is 2. The van der Waals surface area contributed by atoms with Gasteiger partial charge in [0.05, 0.1) is 6.20 Å². The molecule has 0 saturated heterocycles. The van der Waals surface area contributed by atoms with Gasteiger partial charge in [-0.05, 0) is 60.9 Å². The standard InChI is InChI=1S/C22H16ClFN4O2/c1-13-3-8-19(14(2)9-13)27-20(29)16(11-25)10-15-4-6-17(7-5-15)30-21-18(24)12-26-22(23)28-21/h3-10,12H,1-2H3,(H,27,29)/b16-10+. The van der Waals surface area contributed by atoms with Gasteiger partial charge in [0.1, 0.15) is 17.4 Å². The molecule has 3 rings (SSSR count). The molecule has 150 valence electrons. The highest BCUT2D eigenvalue weighted by Crippen LogP contribution is 2.24. The summed E-state index contributed by atoms with van der Waals surface area (Å²) >= 11 is 5.64. The normalized spacial score (nSPS) is 11.0. The van der Waals surface area contributed by atoms with Crippen molar-refractivity contribution < 1.29 is 13.9 Å². The summed E-state index contributed by atoms with van der Waals surface area (Å²) in [5.41, 5.74) is 3.15. The summed E-state index contributed by atoms with van der Waals surface area (Å²) in [5, 5.41) is 12.0. The molecule has 0 spiro atoms. The third kappa shape index (κ3) is 5.19. The van der Waals surface area contributed by atoms with Gasteiger partial charge >= 0.3 is 0 Å². The zero-order valence-electron chi connectivity index (χ0n) is 16.1. The molecule has 8 heteroatoms. The number of carbonyl (C=O) groups is 1. The predicted molar refractivity (Wildman–Crippen MR) is 112 cm³/mol. The van der Waals surface area contributed by atoms with Crippen LogP contribution < -0.4 is 10.1 Å². The molecule has 1 N–H and O–H groups in total. The summed E-state index contributed by atoms with van der Waals surface area (Å²) < 4.78 is 19.0. The lowest BCUT2D eigenvalue weighted by Crippen LogP contribution is -2.14. The molecule has 0 atom stereocenters. The van der Waals surface area contributed by atoms with Gasteiger partial charge in [-0.2, -0.15) is 14.6 Å². The topological polar surface area (TPSA) is 87.9 Å². The van der Waals surface area contributed by atoms with Gasteiger partial charge < -0.3 is 10.1 Å². The second kappa shape index (κ2) is 9.16. The van der Waals surface area contributed by atoms with Crippen LogP contribution in [0, 0.1) is 31.0 Å². The Labute approximate surface area is 177 Å². The molecule has 2 aromatic carbocycles. The highest BCUT2D eigenvalue weighted by molar-refractivity contribution is 6.28. The third-order valence-corrected chi connectivity index (χ3v) is 4.27. The minimum atomic E-state index is -0.752. The van der Waals surface area contributed by atoms with E-state index in [9.17, 15) is 14.4 Å². The molecule has 3 aromatic rings. The minimum Gasteiger partial charge on any atom is -0.436 e. The monoisotopic (exact) mass is 422 g/mol. The Morgan fingerprint density at radius 3 is 2.63 bits per heavy atom. The van der Waals surface area contributed by atoms with Crippen LogP contribution in [0.2, 0.25) is 5.28 Å². The first-order valence-electron chi connectivity index (χ1n) is 8.82. The average Bonchev–Trinajstić information content (AvgIpc) is 2.72. The molecule has 0 radical (unpaired) electrons. The van der Waals surface area contributed by atoms with Gasteiger partial charge in [-0.25, -0.2) is 4.98 Å². The Hall–Kier alpha value is -3.76. The molecule has 0 unspecified atom stereocenters. The first kappa shape index (κ1) is 21.0. The first-order chi connectivity index (χ1) is 14.4. The molecule has 1 amide bonds. The number of hydrogen-bond acceptors (Lipinski definition) is 5. The number of nitrogens with zero attached hydrogens (tertiary/aromatic N) is 3. The Morgan fingerprint density at radius 2 is 1.97 bits per heavy atom. The highest BCUT2D eigenvalue weighted by Gasteiger charge is 2.12. The summed E-state index contributed by atoms with van der Waals surface area (Å²) in [7, 11) is 0. The summed E-state index contributed by atoms with van der Waals surface area (Å²) in [5.74, 6) is -1.26. The quantitative estimate of drug-likeness (QED) is 0.346. The van der Waals surface area contributed by atoms with Crippen molar-refractivity contribution in [3.8, 4) is 17.7 Å². The lowest BCUT2D eigenvalue weighted by atomic mass is 10.1. The Bertz CT molecular complexity index is 1170. The molecule has 1 aromatic heterocycles. The van der Waals surface area contributed by atoms with Crippen molar-refractivity contribution in [2.45, 2.75) is 13.8 Å². The average molecular weight is 423 g/mol. The van der Waals surface area contributed by atoms with Crippen LogP contribution in [0.25, 0.3) is 6.08 Å². The number of aromatic nitrogens is 2. The van der Waals surface area contributed by atoms with Crippen LogP contribution in [0.4, 0.5) is 10.1 Å². The van der Waals surface area contributed by atoms with Crippen molar-refractivity contribution in [1.29, 1.82) is 5.26 Å². The van der Waals surface area contributed by atoms with Crippen LogP contribution in [0.3, 0.4) is 0 Å². The number of rotatable bonds is 5. The number of halogens is 2. The van der Waals surface area contributed by atoms with Crippen LogP contribution in [0.5, 0.6) is 11.6 Å². The maximum Gasteiger partial charge on any atom is 0.266 e. The van der Waals surface area contributed by atoms with E-state index in [2.05, 4.69) is 15.3 Å². The number of carbonyl (C=O) groups excluding carboxylic acids is 1. The summed E-state index contributed by atoms with van der Waals surface area (Å²) in [6.07, 6.45) is 2.36. The molecule has 0 aliphatic carbocycles.